The topological polar surface area (TPSA) is 87.3 Å². The van der Waals surface area contributed by atoms with Gasteiger partial charge in [0.1, 0.15) is 6.04 Å². The number of benzene rings is 1. The lowest BCUT2D eigenvalue weighted by atomic mass is 10.1. The molecule has 1 aromatic rings. The molecular weight excluding hydrogens is 258 g/mol. The van der Waals surface area contributed by atoms with Crippen LogP contribution in [0.4, 0.5) is 5.69 Å². The molecule has 1 aliphatic rings. The van der Waals surface area contributed by atoms with Crippen molar-refractivity contribution in [3.05, 3.63) is 29.8 Å². The minimum Gasteiger partial charge on any atom is -0.354 e. The number of hydrogen-bond donors (Lipinski definition) is 3. The van der Waals surface area contributed by atoms with Gasteiger partial charge in [-0.25, -0.2) is 0 Å². The van der Waals surface area contributed by atoms with E-state index in [1.165, 1.54) is 6.92 Å². The van der Waals surface area contributed by atoms with Crippen LogP contribution in [0.2, 0.25) is 0 Å². The molecule has 20 heavy (non-hydrogen) atoms. The first-order chi connectivity index (χ1) is 9.56. The number of hydrogen-bond acceptors (Lipinski definition) is 3. The summed E-state index contributed by atoms with van der Waals surface area (Å²) in [4.78, 5) is 34.5. The Bertz CT molecular complexity index is 525. The van der Waals surface area contributed by atoms with Crippen LogP contribution in [-0.4, -0.2) is 30.3 Å². The summed E-state index contributed by atoms with van der Waals surface area (Å²) >= 11 is 0. The van der Waals surface area contributed by atoms with Crippen LogP contribution < -0.4 is 16.0 Å². The van der Waals surface area contributed by atoms with Crippen molar-refractivity contribution >= 4 is 23.4 Å². The van der Waals surface area contributed by atoms with Crippen LogP contribution in [0.15, 0.2) is 24.3 Å². The van der Waals surface area contributed by atoms with Crippen LogP contribution in [0.25, 0.3) is 0 Å². The van der Waals surface area contributed by atoms with Crippen molar-refractivity contribution in [1.82, 2.24) is 10.6 Å². The molecule has 1 aromatic carbocycles. The third-order valence-corrected chi connectivity index (χ3v) is 3.06. The summed E-state index contributed by atoms with van der Waals surface area (Å²) in [5.41, 5.74) is 1.09. The highest BCUT2D eigenvalue weighted by Gasteiger charge is 2.23. The summed E-state index contributed by atoms with van der Waals surface area (Å²) in [7, 11) is 0. The molecule has 6 nitrogen and oxygen atoms in total. The molecule has 1 aliphatic heterocycles. The molecule has 1 unspecified atom stereocenters. The average molecular weight is 275 g/mol. The largest absolute Gasteiger partial charge is 0.354 e. The molecule has 0 radical (unpaired) electrons. The van der Waals surface area contributed by atoms with Crippen LogP contribution in [-0.2, 0) is 9.59 Å². The van der Waals surface area contributed by atoms with Crippen molar-refractivity contribution in [2.45, 2.75) is 25.8 Å². The molecule has 1 atom stereocenters. The van der Waals surface area contributed by atoms with E-state index < -0.39 is 6.04 Å². The SMILES string of the molecule is CC(=O)Nc1ccc(C(=O)NC2CCCNC2=O)cc1. The first kappa shape index (κ1) is 14.0. The molecule has 1 fully saturated rings. The van der Waals surface area contributed by atoms with Crippen molar-refractivity contribution in [1.29, 1.82) is 0 Å². The van der Waals surface area contributed by atoms with Crippen LogP contribution in [0.3, 0.4) is 0 Å². The Morgan fingerprint density at radius 3 is 2.55 bits per heavy atom. The van der Waals surface area contributed by atoms with E-state index in [1.807, 2.05) is 0 Å². The average Bonchev–Trinajstić information content (AvgIpc) is 2.41. The van der Waals surface area contributed by atoms with E-state index >= 15 is 0 Å². The predicted molar refractivity (Wildman–Crippen MR) is 74.2 cm³/mol. The van der Waals surface area contributed by atoms with Crippen molar-refractivity contribution in [2.24, 2.45) is 0 Å². The van der Waals surface area contributed by atoms with Crippen LogP contribution in [0.1, 0.15) is 30.1 Å². The first-order valence-corrected chi connectivity index (χ1v) is 6.52. The molecule has 0 aromatic heterocycles. The van der Waals surface area contributed by atoms with Gasteiger partial charge in [0.05, 0.1) is 0 Å². The molecule has 1 saturated heterocycles. The minimum absolute atomic E-state index is 0.139. The van der Waals surface area contributed by atoms with Crippen LogP contribution >= 0.6 is 0 Å². The van der Waals surface area contributed by atoms with E-state index in [0.717, 1.165) is 6.42 Å². The highest BCUT2D eigenvalue weighted by atomic mass is 16.2. The van der Waals surface area contributed by atoms with Gasteiger partial charge >= 0.3 is 0 Å². The van der Waals surface area contributed by atoms with E-state index in [4.69, 9.17) is 0 Å². The zero-order valence-corrected chi connectivity index (χ0v) is 11.2. The lowest BCUT2D eigenvalue weighted by Crippen LogP contribution is -2.50. The van der Waals surface area contributed by atoms with Gasteiger partial charge < -0.3 is 16.0 Å². The molecule has 3 N–H and O–H groups in total. The number of piperidine rings is 1. The van der Waals surface area contributed by atoms with Gasteiger partial charge in [-0.1, -0.05) is 0 Å². The van der Waals surface area contributed by atoms with Gasteiger partial charge in [-0.05, 0) is 37.1 Å². The minimum atomic E-state index is -0.466. The molecule has 106 valence electrons. The second-order valence-corrected chi connectivity index (χ2v) is 4.72. The molecule has 1 heterocycles. The monoisotopic (exact) mass is 275 g/mol. The van der Waals surface area contributed by atoms with Gasteiger partial charge in [0.15, 0.2) is 0 Å². The highest BCUT2D eigenvalue weighted by molar-refractivity contribution is 5.98. The fraction of sp³-hybridized carbons (Fsp3) is 0.357. The lowest BCUT2D eigenvalue weighted by Gasteiger charge is -2.22. The quantitative estimate of drug-likeness (QED) is 0.757. The van der Waals surface area contributed by atoms with Crippen molar-refractivity contribution < 1.29 is 14.4 Å². The van der Waals surface area contributed by atoms with Crippen LogP contribution in [0, 0.1) is 0 Å². The maximum atomic E-state index is 12.0. The third-order valence-electron chi connectivity index (χ3n) is 3.06. The van der Waals surface area contributed by atoms with E-state index in [2.05, 4.69) is 16.0 Å². The van der Waals surface area contributed by atoms with Gasteiger partial charge in [0.25, 0.3) is 5.91 Å². The molecule has 0 bridgehead atoms. The number of carbonyl (C=O) groups is 3. The summed E-state index contributed by atoms with van der Waals surface area (Å²) < 4.78 is 0. The number of anilines is 1. The van der Waals surface area contributed by atoms with Crippen molar-refractivity contribution in [3.63, 3.8) is 0 Å². The normalized spacial score (nSPS) is 18.1. The Balaban J connectivity index is 1.98. The number of amides is 3. The van der Waals surface area contributed by atoms with E-state index in [9.17, 15) is 14.4 Å². The second-order valence-electron chi connectivity index (χ2n) is 4.72. The van der Waals surface area contributed by atoms with E-state index in [1.54, 1.807) is 24.3 Å². The number of carbonyl (C=O) groups excluding carboxylic acids is 3. The van der Waals surface area contributed by atoms with Gasteiger partial charge in [0, 0.05) is 24.7 Å². The molecule has 6 heteroatoms. The zero-order chi connectivity index (χ0) is 14.5. The van der Waals surface area contributed by atoms with Gasteiger partial charge in [-0.15, -0.1) is 0 Å². The molecule has 0 aliphatic carbocycles. The molecule has 0 saturated carbocycles. The Morgan fingerprint density at radius 2 is 1.95 bits per heavy atom. The maximum Gasteiger partial charge on any atom is 0.251 e. The van der Waals surface area contributed by atoms with Crippen LogP contribution in [0.5, 0.6) is 0 Å². The second kappa shape index (κ2) is 6.18. The fourth-order valence-corrected chi connectivity index (χ4v) is 2.06. The van der Waals surface area contributed by atoms with Gasteiger partial charge in [0.2, 0.25) is 11.8 Å². The predicted octanol–water partition coefficient (Wildman–Crippen LogP) is 0.653. The zero-order valence-electron chi connectivity index (χ0n) is 11.2. The highest BCUT2D eigenvalue weighted by Crippen LogP contribution is 2.10. The molecule has 2 rings (SSSR count). The smallest absolute Gasteiger partial charge is 0.251 e. The fourth-order valence-electron chi connectivity index (χ4n) is 2.06. The lowest BCUT2D eigenvalue weighted by molar-refractivity contribution is -0.124. The first-order valence-electron chi connectivity index (χ1n) is 6.52. The van der Waals surface area contributed by atoms with E-state index in [0.29, 0.717) is 24.2 Å². The summed E-state index contributed by atoms with van der Waals surface area (Å²) in [6.45, 7) is 2.08. The summed E-state index contributed by atoms with van der Waals surface area (Å²) in [5.74, 6) is -0.595. The Kier molecular flexibility index (Phi) is 4.34. The van der Waals surface area contributed by atoms with Crippen molar-refractivity contribution in [2.75, 3.05) is 11.9 Å². The molecular formula is C14H17N3O3. The van der Waals surface area contributed by atoms with Gasteiger partial charge in [-0.2, -0.15) is 0 Å². The molecule has 0 spiro atoms. The Morgan fingerprint density at radius 1 is 1.25 bits per heavy atom. The van der Waals surface area contributed by atoms with Crippen molar-refractivity contribution in [3.8, 4) is 0 Å². The Hall–Kier alpha value is -2.37. The molecule has 3 amide bonds. The maximum absolute atomic E-state index is 12.0. The standard InChI is InChI=1S/C14H17N3O3/c1-9(18)16-11-6-4-10(5-7-11)13(19)17-12-3-2-8-15-14(12)20/h4-7,12H,2-3,8H2,1H3,(H,15,20)(H,16,18)(H,17,19). The summed E-state index contributed by atoms with van der Waals surface area (Å²) in [5, 5.41) is 8.05. The number of nitrogens with one attached hydrogen (secondary N) is 3. The number of rotatable bonds is 3. The Labute approximate surface area is 116 Å². The summed E-state index contributed by atoms with van der Waals surface area (Å²) in [6, 6.07) is 6.06. The summed E-state index contributed by atoms with van der Waals surface area (Å²) in [6.07, 6.45) is 1.51. The van der Waals surface area contributed by atoms with E-state index in [-0.39, 0.29) is 17.7 Å². The third kappa shape index (κ3) is 3.57. The van der Waals surface area contributed by atoms with Gasteiger partial charge in [-0.3, -0.25) is 14.4 Å².